The van der Waals surface area contributed by atoms with Crippen LogP contribution in [-0.2, 0) is 16.1 Å². The maximum atomic E-state index is 13.5. The van der Waals surface area contributed by atoms with Crippen LogP contribution in [0, 0.1) is 24.5 Å². The lowest BCUT2D eigenvalue weighted by Gasteiger charge is -2.35. The molecule has 29 heavy (non-hydrogen) atoms. The third-order valence-corrected chi connectivity index (χ3v) is 5.07. The number of rotatable bonds is 7. The zero-order valence-corrected chi connectivity index (χ0v) is 17.2. The maximum Gasteiger partial charge on any atom is 0.225 e. The Bertz CT molecular complexity index is 845. The molecule has 0 unspecified atom stereocenters. The minimum atomic E-state index is -0.898. The van der Waals surface area contributed by atoms with Crippen molar-refractivity contribution in [3.05, 3.63) is 47.3 Å². The molecule has 0 bridgehead atoms. The van der Waals surface area contributed by atoms with Crippen molar-refractivity contribution < 1.29 is 18.3 Å². The first-order valence-electron chi connectivity index (χ1n) is 9.95. The fraction of sp³-hybridized carbons (Fsp3) is 0.524. The molecule has 1 aromatic heterocycles. The third-order valence-electron chi connectivity index (χ3n) is 5.07. The third kappa shape index (κ3) is 5.39. The topological polar surface area (TPSA) is 50.6 Å². The lowest BCUT2D eigenvalue weighted by Crippen LogP contribution is -2.50. The zero-order valence-electron chi connectivity index (χ0n) is 17.2. The summed E-state index contributed by atoms with van der Waals surface area (Å²) in [5.74, 6) is -1.52. The van der Waals surface area contributed by atoms with Gasteiger partial charge in [0.05, 0.1) is 24.6 Å². The quantitative estimate of drug-likeness (QED) is 0.664. The van der Waals surface area contributed by atoms with Gasteiger partial charge in [-0.1, -0.05) is 13.8 Å². The molecule has 0 atom stereocenters. The zero-order chi connectivity index (χ0) is 21.0. The minimum Gasteiger partial charge on any atom is -0.374 e. The highest BCUT2D eigenvalue weighted by Crippen LogP contribution is 2.16. The lowest BCUT2D eigenvalue weighted by molar-refractivity contribution is -0.136. The molecule has 0 saturated carbocycles. The molecule has 1 aliphatic heterocycles. The second-order valence-corrected chi connectivity index (χ2v) is 7.66. The standard InChI is InChI=1S/C21H28F2N4O2/c1-15(2)21(28)26-8-6-25(7-9-26)10-11-29-14-17-12-16(3)27(24-17)18-4-5-19(22)20(23)13-18/h4-5,12-13,15H,6-11,14H2,1-3H3. The van der Waals surface area contributed by atoms with Crippen molar-refractivity contribution in [2.24, 2.45) is 5.92 Å². The lowest BCUT2D eigenvalue weighted by atomic mass is 10.1. The van der Waals surface area contributed by atoms with Gasteiger partial charge < -0.3 is 9.64 Å². The fourth-order valence-electron chi connectivity index (χ4n) is 3.41. The van der Waals surface area contributed by atoms with Gasteiger partial charge in [-0.05, 0) is 25.1 Å². The van der Waals surface area contributed by atoms with Crippen LogP contribution in [0.2, 0.25) is 0 Å². The van der Waals surface area contributed by atoms with Crippen LogP contribution in [0.15, 0.2) is 24.3 Å². The largest absolute Gasteiger partial charge is 0.374 e. The van der Waals surface area contributed by atoms with E-state index in [9.17, 15) is 13.6 Å². The van der Waals surface area contributed by atoms with Crippen LogP contribution in [0.25, 0.3) is 5.69 Å². The van der Waals surface area contributed by atoms with E-state index in [1.807, 2.05) is 31.7 Å². The summed E-state index contributed by atoms with van der Waals surface area (Å²) in [4.78, 5) is 16.2. The molecule has 1 amide bonds. The molecular weight excluding hydrogens is 378 g/mol. The van der Waals surface area contributed by atoms with Crippen LogP contribution >= 0.6 is 0 Å². The summed E-state index contributed by atoms with van der Waals surface area (Å²) in [6.07, 6.45) is 0. The van der Waals surface area contributed by atoms with Crippen LogP contribution in [-0.4, -0.2) is 64.8 Å². The first-order valence-corrected chi connectivity index (χ1v) is 9.95. The smallest absolute Gasteiger partial charge is 0.225 e. The van der Waals surface area contributed by atoms with E-state index in [1.165, 1.54) is 6.07 Å². The van der Waals surface area contributed by atoms with Gasteiger partial charge in [-0.15, -0.1) is 0 Å². The summed E-state index contributed by atoms with van der Waals surface area (Å²) in [5, 5.41) is 4.43. The Morgan fingerprint density at radius 3 is 2.52 bits per heavy atom. The van der Waals surface area contributed by atoms with Gasteiger partial charge in [0.1, 0.15) is 0 Å². The van der Waals surface area contributed by atoms with Gasteiger partial charge in [0, 0.05) is 50.4 Å². The molecule has 1 aromatic carbocycles. The molecule has 0 N–H and O–H groups in total. The minimum absolute atomic E-state index is 0.0412. The predicted octanol–water partition coefficient (Wildman–Crippen LogP) is 2.78. The van der Waals surface area contributed by atoms with Crippen LogP contribution in [0.3, 0.4) is 0 Å². The SMILES string of the molecule is Cc1cc(COCCN2CCN(C(=O)C(C)C)CC2)nn1-c1ccc(F)c(F)c1. The highest BCUT2D eigenvalue weighted by atomic mass is 19.2. The van der Waals surface area contributed by atoms with E-state index < -0.39 is 11.6 Å². The summed E-state index contributed by atoms with van der Waals surface area (Å²) in [5.41, 5.74) is 2.03. The summed E-state index contributed by atoms with van der Waals surface area (Å²) in [6, 6.07) is 5.59. The summed E-state index contributed by atoms with van der Waals surface area (Å²) in [7, 11) is 0. The van der Waals surface area contributed by atoms with Gasteiger partial charge in [-0.2, -0.15) is 5.10 Å². The van der Waals surface area contributed by atoms with E-state index in [-0.39, 0.29) is 11.8 Å². The highest BCUT2D eigenvalue weighted by Gasteiger charge is 2.22. The first-order chi connectivity index (χ1) is 13.8. The number of carbonyl (C=O) groups excluding carboxylic acids is 1. The van der Waals surface area contributed by atoms with Gasteiger partial charge >= 0.3 is 0 Å². The molecular formula is C21H28F2N4O2. The van der Waals surface area contributed by atoms with Crippen molar-refractivity contribution >= 4 is 5.91 Å². The number of aryl methyl sites for hydroxylation is 1. The van der Waals surface area contributed by atoms with Crippen LogP contribution in [0.5, 0.6) is 0 Å². The van der Waals surface area contributed by atoms with Crippen molar-refractivity contribution in [2.75, 3.05) is 39.3 Å². The molecule has 1 aliphatic rings. The van der Waals surface area contributed by atoms with Crippen molar-refractivity contribution in [3.63, 3.8) is 0 Å². The number of piperazine rings is 1. The van der Waals surface area contributed by atoms with E-state index in [0.29, 0.717) is 18.9 Å². The highest BCUT2D eigenvalue weighted by molar-refractivity contribution is 5.78. The second-order valence-electron chi connectivity index (χ2n) is 7.66. The monoisotopic (exact) mass is 406 g/mol. The Labute approximate surface area is 170 Å². The fourth-order valence-corrected chi connectivity index (χ4v) is 3.41. The van der Waals surface area contributed by atoms with Crippen LogP contribution < -0.4 is 0 Å². The van der Waals surface area contributed by atoms with Crippen molar-refractivity contribution in [3.8, 4) is 5.69 Å². The Hall–Kier alpha value is -2.32. The molecule has 158 valence electrons. The van der Waals surface area contributed by atoms with Gasteiger partial charge in [0.2, 0.25) is 5.91 Å². The number of halogens is 2. The molecule has 8 heteroatoms. The van der Waals surface area contributed by atoms with E-state index in [4.69, 9.17) is 4.74 Å². The summed E-state index contributed by atoms with van der Waals surface area (Å²) in [6.45, 7) is 10.7. The number of ether oxygens (including phenoxy) is 1. The Morgan fingerprint density at radius 1 is 1.14 bits per heavy atom. The van der Waals surface area contributed by atoms with Gasteiger partial charge in [0.25, 0.3) is 0 Å². The van der Waals surface area contributed by atoms with Crippen molar-refractivity contribution in [1.29, 1.82) is 0 Å². The summed E-state index contributed by atoms with van der Waals surface area (Å²) < 4.78 is 33.9. The number of benzene rings is 1. The van der Waals surface area contributed by atoms with Crippen molar-refractivity contribution in [2.45, 2.75) is 27.4 Å². The number of hydrogen-bond donors (Lipinski definition) is 0. The molecule has 1 saturated heterocycles. The number of nitrogens with zero attached hydrogens (tertiary/aromatic N) is 4. The first kappa shape index (κ1) is 21.4. The number of aromatic nitrogens is 2. The average Bonchev–Trinajstić information content (AvgIpc) is 3.07. The molecule has 0 radical (unpaired) electrons. The Morgan fingerprint density at radius 2 is 1.86 bits per heavy atom. The molecule has 3 rings (SSSR count). The van der Waals surface area contributed by atoms with E-state index in [2.05, 4.69) is 10.00 Å². The van der Waals surface area contributed by atoms with E-state index >= 15 is 0 Å². The van der Waals surface area contributed by atoms with Gasteiger partial charge in [-0.25, -0.2) is 13.5 Å². The molecule has 6 nitrogen and oxygen atoms in total. The maximum absolute atomic E-state index is 13.5. The molecule has 0 aliphatic carbocycles. The predicted molar refractivity (Wildman–Crippen MR) is 106 cm³/mol. The number of amides is 1. The van der Waals surface area contributed by atoms with Crippen molar-refractivity contribution in [1.82, 2.24) is 19.6 Å². The van der Waals surface area contributed by atoms with E-state index in [0.717, 1.165) is 56.2 Å². The van der Waals surface area contributed by atoms with Crippen LogP contribution in [0.4, 0.5) is 8.78 Å². The second kappa shape index (κ2) is 9.45. The van der Waals surface area contributed by atoms with E-state index in [1.54, 1.807) is 4.68 Å². The normalized spacial score (nSPS) is 15.3. The number of hydrogen-bond acceptors (Lipinski definition) is 4. The molecule has 2 heterocycles. The van der Waals surface area contributed by atoms with Crippen LogP contribution in [0.1, 0.15) is 25.2 Å². The Kier molecular flexibility index (Phi) is 6.97. The molecule has 1 fully saturated rings. The molecule has 0 spiro atoms. The molecule has 2 aromatic rings. The van der Waals surface area contributed by atoms with Gasteiger partial charge in [0.15, 0.2) is 11.6 Å². The Balaban J connectivity index is 1.44. The number of carbonyl (C=O) groups is 1. The summed E-state index contributed by atoms with van der Waals surface area (Å²) >= 11 is 0. The van der Waals surface area contributed by atoms with Gasteiger partial charge in [-0.3, -0.25) is 9.69 Å². The average molecular weight is 406 g/mol.